The van der Waals surface area contributed by atoms with Gasteiger partial charge in [0.2, 0.25) is 0 Å². The highest BCUT2D eigenvalue weighted by molar-refractivity contribution is 6.31. The van der Waals surface area contributed by atoms with E-state index in [1.54, 1.807) is 36.4 Å². The van der Waals surface area contributed by atoms with Gasteiger partial charge in [-0.3, -0.25) is 4.99 Å². The standard InChI is InChI=1S/C17H12ClFN2O2/c18-10-5-6-15-13(7-10)17(12-3-1-2-4-14(12)19)20-9-11(21-15)8-16(22)23/h1-8,21H,9H2,(H,22,23). The molecule has 2 aromatic carbocycles. The number of benzodiazepines with no additional fused rings is 1. The van der Waals surface area contributed by atoms with Crippen LogP contribution in [-0.2, 0) is 4.79 Å². The number of hydrogen-bond donors (Lipinski definition) is 2. The molecule has 6 heteroatoms. The quantitative estimate of drug-likeness (QED) is 0.825. The van der Waals surface area contributed by atoms with E-state index in [1.807, 2.05) is 0 Å². The van der Waals surface area contributed by atoms with E-state index in [1.165, 1.54) is 6.07 Å². The lowest BCUT2D eigenvalue weighted by molar-refractivity contribution is -0.131. The van der Waals surface area contributed by atoms with Crippen molar-refractivity contribution in [3.05, 3.63) is 76.2 Å². The first kappa shape index (κ1) is 15.2. The van der Waals surface area contributed by atoms with Crippen molar-refractivity contribution in [2.45, 2.75) is 0 Å². The van der Waals surface area contributed by atoms with Crippen LogP contribution in [0.4, 0.5) is 10.1 Å². The minimum atomic E-state index is -1.08. The van der Waals surface area contributed by atoms with E-state index in [0.717, 1.165) is 6.08 Å². The van der Waals surface area contributed by atoms with E-state index in [0.29, 0.717) is 33.2 Å². The van der Waals surface area contributed by atoms with Crippen LogP contribution in [0.5, 0.6) is 0 Å². The molecule has 1 heterocycles. The van der Waals surface area contributed by atoms with Crippen molar-refractivity contribution < 1.29 is 14.3 Å². The molecule has 0 atom stereocenters. The molecule has 0 amide bonds. The third kappa shape index (κ3) is 3.24. The second kappa shape index (κ2) is 6.22. The molecule has 1 aliphatic rings. The third-order valence-electron chi connectivity index (χ3n) is 3.37. The summed E-state index contributed by atoms with van der Waals surface area (Å²) >= 11 is 6.06. The molecule has 0 aliphatic carbocycles. The van der Waals surface area contributed by atoms with Crippen LogP contribution in [0.1, 0.15) is 11.1 Å². The van der Waals surface area contributed by atoms with E-state index < -0.39 is 11.8 Å². The van der Waals surface area contributed by atoms with Crippen LogP contribution < -0.4 is 5.32 Å². The summed E-state index contributed by atoms with van der Waals surface area (Å²) in [5.41, 5.74) is 2.43. The van der Waals surface area contributed by atoms with Crippen molar-refractivity contribution in [3.8, 4) is 0 Å². The van der Waals surface area contributed by atoms with Crippen molar-refractivity contribution >= 4 is 29.0 Å². The number of aliphatic imine (C=N–C) groups is 1. The van der Waals surface area contributed by atoms with E-state index in [-0.39, 0.29) is 6.54 Å². The predicted octanol–water partition coefficient (Wildman–Crippen LogP) is 3.71. The Morgan fingerprint density at radius 1 is 1.26 bits per heavy atom. The molecule has 0 fully saturated rings. The Balaban J connectivity index is 2.19. The van der Waals surface area contributed by atoms with Crippen LogP contribution in [0.3, 0.4) is 0 Å². The Morgan fingerprint density at radius 3 is 2.78 bits per heavy atom. The highest BCUT2D eigenvalue weighted by Gasteiger charge is 2.19. The van der Waals surface area contributed by atoms with Crippen molar-refractivity contribution in [1.82, 2.24) is 0 Å². The number of hydrogen-bond acceptors (Lipinski definition) is 3. The Hall–Kier alpha value is -2.66. The molecule has 1 aliphatic heterocycles. The molecule has 23 heavy (non-hydrogen) atoms. The van der Waals surface area contributed by atoms with E-state index in [2.05, 4.69) is 10.3 Å². The monoisotopic (exact) mass is 330 g/mol. The lowest BCUT2D eigenvalue weighted by Crippen LogP contribution is -2.07. The van der Waals surface area contributed by atoms with Crippen LogP contribution in [0, 0.1) is 5.82 Å². The number of halogens is 2. The van der Waals surface area contributed by atoms with Crippen LogP contribution in [0.15, 0.2) is 59.2 Å². The van der Waals surface area contributed by atoms with E-state index >= 15 is 0 Å². The Morgan fingerprint density at radius 2 is 2.04 bits per heavy atom. The molecule has 2 aromatic rings. The minimum Gasteiger partial charge on any atom is -0.478 e. The summed E-state index contributed by atoms with van der Waals surface area (Å²) in [5.74, 6) is -1.48. The average molecular weight is 331 g/mol. The number of fused-ring (bicyclic) bond motifs is 1. The summed E-state index contributed by atoms with van der Waals surface area (Å²) in [6.07, 6.45) is 1.05. The second-order valence-electron chi connectivity index (χ2n) is 4.97. The first-order chi connectivity index (χ1) is 11.0. The maximum atomic E-state index is 14.2. The van der Waals surface area contributed by atoms with Gasteiger partial charge in [0.25, 0.3) is 0 Å². The number of aliphatic carboxylic acids is 1. The number of nitrogens with one attached hydrogen (secondary N) is 1. The van der Waals surface area contributed by atoms with Crippen LogP contribution in [0.25, 0.3) is 0 Å². The van der Waals surface area contributed by atoms with Gasteiger partial charge in [-0.15, -0.1) is 0 Å². The van der Waals surface area contributed by atoms with E-state index in [4.69, 9.17) is 16.7 Å². The number of benzene rings is 2. The van der Waals surface area contributed by atoms with Gasteiger partial charge in [-0.2, -0.15) is 0 Å². The maximum absolute atomic E-state index is 14.2. The van der Waals surface area contributed by atoms with Gasteiger partial charge in [0.15, 0.2) is 0 Å². The predicted molar refractivity (Wildman–Crippen MR) is 87.7 cm³/mol. The lowest BCUT2D eigenvalue weighted by Gasteiger charge is -2.12. The highest BCUT2D eigenvalue weighted by atomic mass is 35.5. The zero-order valence-corrected chi connectivity index (χ0v) is 12.6. The SMILES string of the molecule is O=C(O)C=C1CN=C(c2ccccc2F)c2cc(Cl)ccc2N1. The fourth-order valence-corrected chi connectivity index (χ4v) is 2.57. The van der Waals surface area contributed by atoms with Crippen LogP contribution in [0.2, 0.25) is 5.02 Å². The molecule has 0 bridgehead atoms. The summed E-state index contributed by atoms with van der Waals surface area (Å²) in [6, 6.07) is 11.4. The molecule has 0 unspecified atom stereocenters. The maximum Gasteiger partial charge on any atom is 0.330 e. The first-order valence-electron chi connectivity index (χ1n) is 6.84. The molecular formula is C17H12ClFN2O2. The molecule has 0 saturated carbocycles. The van der Waals surface area contributed by atoms with Gasteiger partial charge in [-0.25, -0.2) is 9.18 Å². The minimum absolute atomic E-state index is 0.0995. The van der Waals surface area contributed by atoms with Gasteiger partial charge in [0.1, 0.15) is 5.82 Å². The largest absolute Gasteiger partial charge is 0.478 e. The van der Waals surface area contributed by atoms with Gasteiger partial charge >= 0.3 is 5.97 Å². The molecule has 3 rings (SSSR count). The molecule has 0 spiro atoms. The summed E-state index contributed by atoms with van der Waals surface area (Å²) in [7, 11) is 0. The zero-order chi connectivity index (χ0) is 16.4. The summed E-state index contributed by atoms with van der Waals surface area (Å²) < 4.78 is 14.2. The smallest absolute Gasteiger partial charge is 0.330 e. The fourth-order valence-electron chi connectivity index (χ4n) is 2.40. The van der Waals surface area contributed by atoms with E-state index in [9.17, 15) is 9.18 Å². The average Bonchev–Trinajstić information content (AvgIpc) is 2.66. The highest BCUT2D eigenvalue weighted by Crippen LogP contribution is 2.28. The molecule has 0 radical (unpaired) electrons. The third-order valence-corrected chi connectivity index (χ3v) is 3.60. The van der Waals surface area contributed by atoms with Gasteiger partial charge in [0, 0.05) is 33.6 Å². The van der Waals surface area contributed by atoms with Crippen molar-refractivity contribution in [1.29, 1.82) is 0 Å². The lowest BCUT2D eigenvalue weighted by atomic mass is 10.00. The van der Waals surface area contributed by atoms with Crippen LogP contribution >= 0.6 is 11.6 Å². The fraction of sp³-hybridized carbons (Fsp3) is 0.0588. The van der Waals surface area contributed by atoms with Gasteiger partial charge in [0.05, 0.1) is 12.3 Å². The molecule has 4 nitrogen and oxygen atoms in total. The zero-order valence-electron chi connectivity index (χ0n) is 11.9. The number of anilines is 1. The summed E-state index contributed by atoms with van der Waals surface area (Å²) in [6.45, 7) is 0.0995. The molecular weight excluding hydrogens is 319 g/mol. The summed E-state index contributed by atoms with van der Waals surface area (Å²) in [4.78, 5) is 15.3. The normalized spacial score (nSPS) is 15.4. The summed E-state index contributed by atoms with van der Waals surface area (Å²) in [5, 5.41) is 12.4. The number of rotatable bonds is 2. The Labute approximate surface area is 136 Å². The topological polar surface area (TPSA) is 61.7 Å². The molecule has 2 N–H and O–H groups in total. The second-order valence-corrected chi connectivity index (χ2v) is 5.40. The van der Waals surface area contributed by atoms with Crippen molar-refractivity contribution in [3.63, 3.8) is 0 Å². The van der Waals surface area contributed by atoms with Crippen molar-refractivity contribution in [2.24, 2.45) is 4.99 Å². The van der Waals surface area contributed by atoms with Gasteiger partial charge < -0.3 is 10.4 Å². The molecule has 116 valence electrons. The number of nitrogens with zero attached hydrogens (tertiary/aromatic N) is 1. The molecule has 0 saturated heterocycles. The van der Waals surface area contributed by atoms with Gasteiger partial charge in [-0.1, -0.05) is 23.7 Å². The van der Waals surface area contributed by atoms with Crippen LogP contribution in [-0.4, -0.2) is 23.3 Å². The number of carbonyl (C=O) groups is 1. The Kier molecular flexibility index (Phi) is 4.12. The number of carboxylic acids is 1. The Bertz CT molecular complexity index is 846. The molecule has 0 aromatic heterocycles. The first-order valence-corrected chi connectivity index (χ1v) is 7.22. The van der Waals surface area contributed by atoms with Gasteiger partial charge in [-0.05, 0) is 30.3 Å². The number of carboxylic acid groups (broad SMARTS) is 1. The van der Waals surface area contributed by atoms with Crippen molar-refractivity contribution in [2.75, 3.05) is 11.9 Å².